The zero-order chi connectivity index (χ0) is 22.8. The van der Waals surface area contributed by atoms with Crippen LogP contribution in [0, 0.1) is 12.8 Å². The van der Waals surface area contributed by atoms with E-state index in [9.17, 15) is 9.90 Å². The van der Waals surface area contributed by atoms with Crippen molar-refractivity contribution in [3.05, 3.63) is 67.9 Å². The van der Waals surface area contributed by atoms with E-state index in [0.717, 1.165) is 55.7 Å². The Morgan fingerprint density at radius 3 is 2.75 bits per heavy atom. The number of halogens is 2. The van der Waals surface area contributed by atoms with Gasteiger partial charge >= 0.3 is 5.97 Å². The molecule has 0 spiro atoms. The molecule has 0 amide bonds. The number of aliphatic carboxylic acids is 1. The number of fused-ring (bicyclic) bond motifs is 1. The highest BCUT2D eigenvalue weighted by molar-refractivity contribution is 9.11. The number of carboxylic acids is 1. The first kappa shape index (κ1) is 23.1. The number of carbonyl (C=O) groups is 1. The highest BCUT2D eigenvalue weighted by Gasteiger charge is 2.35. The summed E-state index contributed by atoms with van der Waals surface area (Å²) in [5.41, 5.74) is 4.08. The second-order valence-corrected chi connectivity index (χ2v) is 9.70. The molecule has 0 saturated heterocycles. The standard InChI is InChI=1S/C25H25Br2NO4/c1-3-16(25(29)30)17-9-10-18-19(17)13-20(26)23(22(18)27)31-12-11-21-14(2)32-24(28-21)15-7-5-4-6-8-15/h4-8,13,16-17H,3,9-12H2,1-2H3,(H,29,30). The van der Waals surface area contributed by atoms with Crippen LogP contribution in [0.1, 0.15) is 48.3 Å². The average molecular weight is 563 g/mol. The Hall–Kier alpha value is -2.12. The summed E-state index contributed by atoms with van der Waals surface area (Å²) in [6, 6.07) is 11.9. The molecule has 32 heavy (non-hydrogen) atoms. The topological polar surface area (TPSA) is 72.6 Å². The lowest BCUT2D eigenvalue weighted by molar-refractivity contribution is -0.142. The van der Waals surface area contributed by atoms with Gasteiger partial charge in [0.05, 0.1) is 27.2 Å². The summed E-state index contributed by atoms with van der Waals surface area (Å²) < 4.78 is 13.7. The number of aryl methyl sites for hydroxylation is 1. The molecule has 1 heterocycles. The Morgan fingerprint density at radius 2 is 2.06 bits per heavy atom. The maximum absolute atomic E-state index is 11.7. The van der Waals surface area contributed by atoms with Crippen LogP contribution in [-0.4, -0.2) is 22.7 Å². The van der Waals surface area contributed by atoms with Crippen LogP contribution in [0.5, 0.6) is 5.75 Å². The molecule has 0 radical (unpaired) electrons. The lowest BCUT2D eigenvalue weighted by Gasteiger charge is -2.20. The number of hydrogen-bond donors (Lipinski definition) is 1. The van der Waals surface area contributed by atoms with Crippen molar-refractivity contribution >= 4 is 37.8 Å². The van der Waals surface area contributed by atoms with Crippen molar-refractivity contribution < 1.29 is 19.1 Å². The Kier molecular flexibility index (Phi) is 7.05. The number of benzene rings is 2. The number of carboxylic acid groups (broad SMARTS) is 1. The van der Waals surface area contributed by atoms with Gasteiger partial charge in [-0.15, -0.1) is 0 Å². The van der Waals surface area contributed by atoms with Gasteiger partial charge in [0.25, 0.3) is 0 Å². The minimum absolute atomic E-state index is 0.0309. The number of oxazole rings is 1. The van der Waals surface area contributed by atoms with Crippen molar-refractivity contribution in [2.45, 2.75) is 45.4 Å². The molecule has 1 aromatic heterocycles. The van der Waals surface area contributed by atoms with Crippen LogP contribution in [0.15, 0.2) is 49.8 Å². The third kappa shape index (κ3) is 4.50. The van der Waals surface area contributed by atoms with Gasteiger partial charge in [-0.05, 0) is 93.3 Å². The zero-order valence-corrected chi connectivity index (χ0v) is 21.2. The third-order valence-electron chi connectivity index (χ3n) is 6.16. The van der Waals surface area contributed by atoms with Gasteiger partial charge in [0.2, 0.25) is 5.89 Å². The molecule has 5 nitrogen and oxygen atoms in total. The first-order valence-corrected chi connectivity index (χ1v) is 12.4. The molecule has 3 aromatic rings. The van der Waals surface area contributed by atoms with E-state index in [4.69, 9.17) is 9.15 Å². The molecule has 2 atom stereocenters. The van der Waals surface area contributed by atoms with Gasteiger partial charge in [-0.3, -0.25) is 4.79 Å². The zero-order valence-electron chi connectivity index (χ0n) is 18.0. The lowest BCUT2D eigenvalue weighted by Crippen LogP contribution is -2.20. The smallest absolute Gasteiger partial charge is 0.307 e. The molecule has 1 N–H and O–H groups in total. The van der Waals surface area contributed by atoms with Crippen LogP contribution in [-0.2, 0) is 17.6 Å². The van der Waals surface area contributed by atoms with E-state index in [0.29, 0.717) is 25.3 Å². The summed E-state index contributed by atoms with van der Waals surface area (Å²) in [6.45, 7) is 4.31. The molecule has 2 unspecified atom stereocenters. The van der Waals surface area contributed by atoms with Crippen LogP contribution in [0.2, 0.25) is 0 Å². The molecule has 1 aliphatic carbocycles. The average Bonchev–Trinajstić information content (AvgIpc) is 3.35. The number of nitrogens with zero attached hydrogens (tertiary/aromatic N) is 1. The van der Waals surface area contributed by atoms with Crippen molar-refractivity contribution in [3.63, 3.8) is 0 Å². The summed E-state index contributed by atoms with van der Waals surface area (Å²) in [6.07, 6.45) is 2.93. The largest absolute Gasteiger partial charge is 0.491 e. The second kappa shape index (κ2) is 9.79. The molecule has 0 fully saturated rings. The monoisotopic (exact) mass is 561 g/mol. The Bertz CT molecular complexity index is 1130. The maximum Gasteiger partial charge on any atom is 0.307 e. The van der Waals surface area contributed by atoms with Gasteiger partial charge in [-0.25, -0.2) is 4.98 Å². The molecule has 168 valence electrons. The van der Waals surface area contributed by atoms with Crippen LogP contribution >= 0.6 is 31.9 Å². The minimum Gasteiger partial charge on any atom is -0.491 e. The Balaban J connectivity index is 1.49. The molecule has 2 aromatic carbocycles. The van der Waals surface area contributed by atoms with Gasteiger partial charge in [0.1, 0.15) is 11.5 Å². The summed E-state index contributed by atoms with van der Waals surface area (Å²) in [4.78, 5) is 16.3. The van der Waals surface area contributed by atoms with Gasteiger partial charge in [-0.2, -0.15) is 0 Å². The van der Waals surface area contributed by atoms with Gasteiger partial charge in [0.15, 0.2) is 0 Å². The fourth-order valence-electron chi connectivity index (χ4n) is 4.49. The fraction of sp³-hybridized carbons (Fsp3) is 0.360. The normalized spacial score (nSPS) is 16.1. The number of rotatable bonds is 8. The van der Waals surface area contributed by atoms with E-state index >= 15 is 0 Å². The van der Waals surface area contributed by atoms with Gasteiger partial charge in [0, 0.05) is 12.0 Å². The van der Waals surface area contributed by atoms with Crippen LogP contribution in [0.3, 0.4) is 0 Å². The van der Waals surface area contributed by atoms with E-state index in [1.54, 1.807) is 0 Å². The fourth-order valence-corrected chi connectivity index (χ4v) is 6.07. The Labute approximate surface area is 204 Å². The maximum atomic E-state index is 11.7. The predicted octanol–water partition coefficient (Wildman–Crippen LogP) is 6.94. The highest BCUT2D eigenvalue weighted by Crippen LogP contribution is 2.48. The molecule has 0 saturated carbocycles. The molecule has 1 aliphatic rings. The van der Waals surface area contributed by atoms with Gasteiger partial charge < -0.3 is 14.3 Å². The van der Waals surface area contributed by atoms with Crippen LogP contribution in [0.4, 0.5) is 0 Å². The van der Waals surface area contributed by atoms with Crippen molar-refractivity contribution in [3.8, 4) is 17.2 Å². The van der Waals surface area contributed by atoms with Crippen LogP contribution in [0.25, 0.3) is 11.5 Å². The van der Waals surface area contributed by atoms with Crippen molar-refractivity contribution in [1.82, 2.24) is 4.98 Å². The van der Waals surface area contributed by atoms with E-state index in [1.165, 1.54) is 0 Å². The number of ether oxygens (including phenoxy) is 1. The molecule has 4 rings (SSSR count). The first-order chi connectivity index (χ1) is 15.4. The summed E-state index contributed by atoms with van der Waals surface area (Å²) >= 11 is 7.35. The minimum atomic E-state index is -0.726. The molecule has 7 heteroatoms. The third-order valence-corrected chi connectivity index (χ3v) is 7.59. The van der Waals surface area contributed by atoms with E-state index in [-0.39, 0.29) is 11.8 Å². The summed E-state index contributed by atoms with van der Waals surface area (Å²) in [5.74, 6) is 1.10. The van der Waals surface area contributed by atoms with Crippen molar-refractivity contribution in [2.75, 3.05) is 6.61 Å². The highest BCUT2D eigenvalue weighted by atomic mass is 79.9. The molecule has 0 bridgehead atoms. The Morgan fingerprint density at radius 1 is 1.31 bits per heavy atom. The molecular formula is C25H25Br2NO4. The van der Waals surface area contributed by atoms with Gasteiger partial charge in [-0.1, -0.05) is 25.1 Å². The SMILES string of the molecule is CCC(C(=O)O)C1CCc2c1cc(Br)c(OCCc1nc(-c3ccccc3)oc1C)c2Br. The quantitative estimate of drug-likeness (QED) is 0.322. The van der Waals surface area contributed by atoms with E-state index in [2.05, 4.69) is 36.8 Å². The lowest BCUT2D eigenvalue weighted by atomic mass is 9.85. The van der Waals surface area contributed by atoms with Crippen LogP contribution < -0.4 is 4.74 Å². The summed E-state index contributed by atoms with van der Waals surface area (Å²) in [7, 11) is 0. The van der Waals surface area contributed by atoms with E-state index in [1.807, 2.05) is 50.2 Å². The number of hydrogen-bond acceptors (Lipinski definition) is 4. The first-order valence-electron chi connectivity index (χ1n) is 10.8. The number of aromatic nitrogens is 1. The van der Waals surface area contributed by atoms with Crippen molar-refractivity contribution in [2.24, 2.45) is 5.92 Å². The molecule has 0 aliphatic heterocycles. The van der Waals surface area contributed by atoms with Crippen molar-refractivity contribution in [1.29, 1.82) is 0 Å². The molecular weight excluding hydrogens is 538 g/mol. The summed E-state index contributed by atoms with van der Waals surface area (Å²) in [5, 5.41) is 9.61. The van der Waals surface area contributed by atoms with E-state index < -0.39 is 5.97 Å². The second-order valence-electron chi connectivity index (χ2n) is 8.05. The predicted molar refractivity (Wildman–Crippen MR) is 130 cm³/mol.